The number of likely N-dealkylation sites (tertiary alicyclic amines) is 1. The quantitative estimate of drug-likeness (QED) is 0.856. The molecule has 4 heteroatoms. The smallest absolute Gasteiger partial charge is 0.219 e. The van der Waals surface area contributed by atoms with E-state index in [1.807, 2.05) is 11.9 Å². The fraction of sp³-hybridized carbons (Fsp3) is 0.500. The maximum absolute atomic E-state index is 11.3. The van der Waals surface area contributed by atoms with Gasteiger partial charge >= 0.3 is 0 Å². The predicted molar refractivity (Wildman–Crippen MR) is 76.3 cm³/mol. The van der Waals surface area contributed by atoms with Crippen molar-refractivity contribution < 1.29 is 4.79 Å². The Hall–Kier alpha value is -0.870. The first-order chi connectivity index (χ1) is 8.56. The maximum atomic E-state index is 11.3. The van der Waals surface area contributed by atoms with Gasteiger partial charge in [0.05, 0.1) is 0 Å². The lowest BCUT2D eigenvalue weighted by atomic mass is 10.2. The Bertz CT molecular complexity index is 418. The minimum Gasteiger partial charge on any atom is -0.342 e. The first-order valence-electron chi connectivity index (χ1n) is 6.26. The molecule has 0 radical (unpaired) electrons. The summed E-state index contributed by atoms with van der Waals surface area (Å²) in [5.41, 5.74) is 1.32. The van der Waals surface area contributed by atoms with Crippen LogP contribution in [-0.2, 0) is 11.3 Å². The number of carbonyl (C=O) groups is 1. The van der Waals surface area contributed by atoms with Crippen molar-refractivity contribution in [2.75, 3.05) is 20.1 Å². The highest BCUT2D eigenvalue weighted by atomic mass is 79.9. The number of hydrogen-bond donors (Lipinski definition) is 0. The molecule has 1 aliphatic rings. The van der Waals surface area contributed by atoms with Crippen LogP contribution in [0, 0.1) is 0 Å². The van der Waals surface area contributed by atoms with Crippen molar-refractivity contribution in [3.05, 3.63) is 34.3 Å². The Morgan fingerprint density at radius 2 is 2.11 bits per heavy atom. The van der Waals surface area contributed by atoms with E-state index in [1.165, 1.54) is 5.56 Å². The molecule has 0 spiro atoms. The summed E-state index contributed by atoms with van der Waals surface area (Å²) >= 11 is 3.44. The van der Waals surface area contributed by atoms with E-state index in [0.29, 0.717) is 6.04 Å². The molecular weight excluding hydrogens is 292 g/mol. The van der Waals surface area contributed by atoms with Crippen molar-refractivity contribution in [1.82, 2.24) is 9.80 Å². The summed E-state index contributed by atoms with van der Waals surface area (Å²) in [5.74, 6) is 0.158. The van der Waals surface area contributed by atoms with Crippen LogP contribution in [0.1, 0.15) is 18.9 Å². The molecule has 0 aromatic heterocycles. The molecule has 1 aliphatic heterocycles. The molecular formula is C14H19BrN2O. The summed E-state index contributed by atoms with van der Waals surface area (Å²) in [5, 5.41) is 0. The van der Waals surface area contributed by atoms with Gasteiger partial charge in [0.15, 0.2) is 0 Å². The van der Waals surface area contributed by atoms with E-state index in [-0.39, 0.29) is 5.91 Å². The van der Waals surface area contributed by atoms with Crippen LogP contribution < -0.4 is 0 Å². The van der Waals surface area contributed by atoms with Crippen LogP contribution in [0.15, 0.2) is 28.7 Å². The minimum absolute atomic E-state index is 0.158. The molecule has 0 N–H and O–H groups in total. The lowest BCUT2D eigenvalue weighted by molar-refractivity contribution is -0.129. The molecule has 1 atom stereocenters. The number of likely N-dealkylation sites (N-methyl/N-ethyl adjacent to an activating group) is 1. The van der Waals surface area contributed by atoms with Crippen LogP contribution in [0.4, 0.5) is 0 Å². The van der Waals surface area contributed by atoms with Crippen LogP contribution >= 0.6 is 15.9 Å². The third kappa shape index (κ3) is 3.33. The fourth-order valence-corrected chi connectivity index (χ4v) is 2.64. The number of benzene rings is 1. The molecule has 0 unspecified atom stereocenters. The topological polar surface area (TPSA) is 23.6 Å². The van der Waals surface area contributed by atoms with Crippen molar-refractivity contribution in [2.24, 2.45) is 0 Å². The zero-order valence-corrected chi connectivity index (χ0v) is 12.5. The summed E-state index contributed by atoms with van der Waals surface area (Å²) in [6, 6.07) is 8.81. The summed E-state index contributed by atoms with van der Waals surface area (Å²) < 4.78 is 1.11. The second-order valence-corrected chi connectivity index (χ2v) is 5.85. The lowest BCUT2D eigenvalue weighted by Gasteiger charge is -2.23. The van der Waals surface area contributed by atoms with Gasteiger partial charge in [-0.15, -0.1) is 0 Å². The van der Waals surface area contributed by atoms with E-state index in [0.717, 1.165) is 30.5 Å². The number of rotatable bonds is 3. The summed E-state index contributed by atoms with van der Waals surface area (Å²) in [6.45, 7) is 4.65. The highest BCUT2D eigenvalue weighted by Gasteiger charge is 2.26. The summed E-state index contributed by atoms with van der Waals surface area (Å²) in [7, 11) is 1.90. The molecule has 0 aliphatic carbocycles. The van der Waals surface area contributed by atoms with Crippen LogP contribution in [0.2, 0.25) is 0 Å². The van der Waals surface area contributed by atoms with Crippen LogP contribution in [0.5, 0.6) is 0 Å². The second-order valence-electron chi connectivity index (χ2n) is 4.93. The molecule has 1 amide bonds. The molecule has 1 saturated heterocycles. The first-order valence-corrected chi connectivity index (χ1v) is 7.06. The number of nitrogens with zero attached hydrogens (tertiary/aromatic N) is 2. The third-order valence-electron chi connectivity index (χ3n) is 3.61. The van der Waals surface area contributed by atoms with Crippen molar-refractivity contribution in [1.29, 1.82) is 0 Å². The van der Waals surface area contributed by atoms with Crippen LogP contribution in [0.25, 0.3) is 0 Å². The van der Waals surface area contributed by atoms with Crippen LogP contribution in [-0.4, -0.2) is 41.9 Å². The van der Waals surface area contributed by atoms with Gasteiger partial charge in [-0.05, 0) is 24.1 Å². The summed E-state index contributed by atoms with van der Waals surface area (Å²) in [6.07, 6.45) is 1.08. The monoisotopic (exact) mass is 310 g/mol. The van der Waals surface area contributed by atoms with Gasteiger partial charge in [0.2, 0.25) is 5.91 Å². The van der Waals surface area contributed by atoms with E-state index in [4.69, 9.17) is 0 Å². The highest BCUT2D eigenvalue weighted by molar-refractivity contribution is 9.10. The summed E-state index contributed by atoms with van der Waals surface area (Å²) in [4.78, 5) is 15.6. The number of carbonyl (C=O) groups excluding carboxylic acids is 1. The lowest BCUT2D eigenvalue weighted by Crippen LogP contribution is -2.37. The SMILES string of the molecule is CC(=O)N(C)[C@@H]1CCN(Cc2ccc(Br)cc2)C1. The highest BCUT2D eigenvalue weighted by Crippen LogP contribution is 2.18. The fourth-order valence-electron chi connectivity index (χ4n) is 2.38. The molecule has 18 heavy (non-hydrogen) atoms. The van der Waals surface area contributed by atoms with Crippen molar-refractivity contribution in [3.8, 4) is 0 Å². The standard InChI is InChI=1S/C14H19BrN2O/c1-11(18)16(2)14-7-8-17(10-14)9-12-3-5-13(15)6-4-12/h3-6,14H,7-10H2,1-2H3/t14-/m1/s1. The maximum Gasteiger partial charge on any atom is 0.219 e. The average molecular weight is 311 g/mol. The Kier molecular flexibility index (Phi) is 4.40. The Morgan fingerprint density at radius 3 is 2.72 bits per heavy atom. The van der Waals surface area contributed by atoms with Gasteiger partial charge in [0.1, 0.15) is 0 Å². The average Bonchev–Trinajstić information content (AvgIpc) is 2.79. The zero-order chi connectivity index (χ0) is 13.1. The van der Waals surface area contributed by atoms with E-state index < -0.39 is 0 Å². The Morgan fingerprint density at radius 1 is 1.44 bits per heavy atom. The molecule has 98 valence electrons. The van der Waals surface area contributed by atoms with E-state index >= 15 is 0 Å². The van der Waals surface area contributed by atoms with Gasteiger partial charge in [0, 0.05) is 44.1 Å². The van der Waals surface area contributed by atoms with Gasteiger partial charge in [-0.3, -0.25) is 9.69 Å². The van der Waals surface area contributed by atoms with Gasteiger partial charge < -0.3 is 4.90 Å². The minimum atomic E-state index is 0.158. The van der Waals surface area contributed by atoms with Gasteiger partial charge in [0.25, 0.3) is 0 Å². The molecule has 0 saturated carbocycles. The largest absolute Gasteiger partial charge is 0.342 e. The number of amides is 1. The molecule has 3 nitrogen and oxygen atoms in total. The molecule has 2 rings (SSSR count). The normalized spacial score (nSPS) is 20.1. The van der Waals surface area contributed by atoms with Crippen molar-refractivity contribution in [2.45, 2.75) is 25.9 Å². The van der Waals surface area contributed by atoms with Gasteiger partial charge in [-0.1, -0.05) is 28.1 Å². The number of hydrogen-bond acceptors (Lipinski definition) is 2. The van der Waals surface area contributed by atoms with E-state index in [1.54, 1.807) is 6.92 Å². The first kappa shape index (κ1) is 13.6. The third-order valence-corrected chi connectivity index (χ3v) is 4.14. The molecule has 1 aromatic rings. The number of halogens is 1. The van der Waals surface area contributed by atoms with Crippen LogP contribution in [0.3, 0.4) is 0 Å². The second kappa shape index (κ2) is 5.85. The van der Waals surface area contributed by atoms with Crippen molar-refractivity contribution in [3.63, 3.8) is 0 Å². The van der Waals surface area contributed by atoms with E-state index in [9.17, 15) is 4.79 Å². The molecule has 0 bridgehead atoms. The van der Waals surface area contributed by atoms with Crippen molar-refractivity contribution >= 4 is 21.8 Å². The molecule has 1 fully saturated rings. The van der Waals surface area contributed by atoms with Gasteiger partial charge in [-0.2, -0.15) is 0 Å². The Labute approximate surface area is 117 Å². The predicted octanol–water partition coefficient (Wildman–Crippen LogP) is 2.50. The Balaban J connectivity index is 1.89. The molecule has 1 aromatic carbocycles. The van der Waals surface area contributed by atoms with Gasteiger partial charge in [-0.25, -0.2) is 0 Å². The van der Waals surface area contributed by atoms with E-state index in [2.05, 4.69) is 45.1 Å². The molecule has 1 heterocycles. The zero-order valence-electron chi connectivity index (χ0n) is 10.9.